The maximum Gasteiger partial charge on any atom is 0.389 e. The molecule has 0 saturated carbocycles. The molecular weight excluding hydrogens is 297 g/mol. The summed E-state index contributed by atoms with van der Waals surface area (Å²) in [6, 6.07) is 11.1. The third-order valence-electron chi connectivity index (χ3n) is 3.14. The lowest BCUT2D eigenvalue weighted by atomic mass is 10.0. The van der Waals surface area contributed by atoms with Gasteiger partial charge in [0.15, 0.2) is 0 Å². The Hall–Kier alpha value is -1.82. The van der Waals surface area contributed by atoms with Crippen molar-refractivity contribution in [1.82, 2.24) is 0 Å². The summed E-state index contributed by atoms with van der Waals surface area (Å²) in [6.07, 6.45) is -4.86. The summed E-state index contributed by atoms with van der Waals surface area (Å²) in [5.74, 6) is 0. The summed E-state index contributed by atoms with van der Waals surface area (Å²) in [5.41, 5.74) is 7.24. The molecule has 0 amide bonds. The van der Waals surface area contributed by atoms with Gasteiger partial charge in [0, 0.05) is 29.6 Å². The number of anilines is 1. The van der Waals surface area contributed by atoms with Crippen molar-refractivity contribution in [3.05, 3.63) is 42.0 Å². The van der Waals surface area contributed by atoms with E-state index in [2.05, 4.69) is 5.32 Å². The van der Waals surface area contributed by atoms with E-state index < -0.39 is 12.6 Å². The molecule has 2 nitrogen and oxygen atoms in total. The second-order valence-electron chi connectivity index (χ2n) is 4.72. The fourth-order valence-corrected chi connectivity index (χ4v) is 2.36. The third kappa shape index (κ3) is 4.07. The first-order chi connectivity index (χ1) is 9.88. The number of nitrogens with two attached hydrogens (primary N) is 1. The van der Waals surface area contributed by atoms with Crippen LogP contribution in [0.4, 0.5) is 18.9 Å². The molecule has 112 valence electrons. The number of benzene rings is 2. The van der Waals surface area contributed by atoms with E-state index in [9.17, 15) is 13.2 Å². The van der Waals surface area contributed by atoms with Crippen molar-refractivity contribution >= 4 is 33.7 Å². The van der Waals surface area contributed by atoms with Gasteiger partial charge < -0.3 is 11.1 Å². The van der Waals surface area contributed by atoms with E-state index in [1.165, 1.54) is 0 Å². The van der Waals surface area contributed by atoms with Crippen molar-refractivity contribution in [2.75, 3.05) is 11.9 Å². The van der Waals surface area contributed by atoms with E-state index in [-0.39, 0.29) is 13.0 Å². The molecule has 0 aliphatic heterocycles. The molecule has 21 heavy (non-hydrogen) atoms. The molecule has 0 unspecified atom stereocenters. The average Bonchev–Trinajstić information content (AvgIpc) is 2.42. The minimum atomic E-state index is -4.11. The van der Waals surface area contributed by atoms with Gasteiger partial charge in [0.2, 0.25) is 0 Å². The van der Waals surface area contributed by atoms with Crippen LogP contribution in [0, 0.1) is 0 Å². The zero-order valence-corrected chi connectivity index (χ0v) is 12.0. The zero-order valence-electron chi connectivity index (χ0n) is 11.2. The lowest BCUT2D eigenvalue weighted by Crippen LogP contribution is -2.12. The van der Waals surface area contributed by atoms with Crippen molar-refractivity contribution in [2.45, 2.75) is 19.0 Å². The van der Waals surface area contributed by atoms with Gasteiger partial charge in [-0.3, -0.25) is 0 Å². The van der Waals surface area contributed by atoms with Crippen LogP contribution in [0.3, 0.4) is 0 Å². The van der Waals surface area contributed by atoms with Crippen molar-refractivity contribution in [3.8, 4) is 0 Å². The summed E-state index contributed by atoms with van der Waals surface area (Å²) in [6.45, 7) is 0.260. The summed E-state index contributed by atoms with van der Waals surface area (Å²) >= 11 is 5.01. The third-order valence-corrected chi connectivity index (χ3v) is 3.36. The number of alkyl halides is 3. The lowest BCUT2D eigenvalue weighted by molar-refractivity contribution is -0.134. The Labute approximate surface area is 126 Å². The van der Waals surface area contributed by atoms with E-state index in [4.69, 9.17) is 18.0 Å². The maximum absolute atomic E-state index is 12.1. The van der Waals surface area contributed by atoms with Crippen LogP contribution < -0.4 is 11.1 Å². The summed E-state index contributed by atoms with van der Waals surface area (Å²) < 4.78 is 36.4. The van der Waals surface area contributed by atoms with Gasteiger partial charge in [-0.05, 0) is 23.9 Å². The number of halogens is 3. The maximum atomic E-state index is 12.1. The highest BCUT2D eigenvalue weighted by molar-refractivity contribution is 7.80. The second-order valence-corrected chi connectivity index (χ2v) is 5.16. The van der Waals surface area contributed by atoms with Crippen LogP contribution in [0.25, 0.3) is 10.8 Å². The van der Waals surface area contributed by atoms with E-state index in [1.54, 1.807) is 12.1 Å². The van der Waals surface area contributed by atoms with Crippen LogP contribution in [0.5, 0.6) is 0 Å². The number of rotatable bonds is 5. The van der Waals surface area contributed by atoms with E-state index in [0.717, 1.165) is 22.0 Å². The van der Waals surface area contributed by atoms with E-state index in [1.807, 2.05) is 24.3 Å². The molecule has 0 aliphatic carbocycles. The normalized spacial score (nSPS) is 11.6. The van der Waals surface area contributed by atoms with Gasteiger partial charge in [-0.2, -0.15) is 13.2 Å². The quantitative estimate of drug-likeness (QED) is 0.641. The molecule has 0 fully saturated rings. The van der Waals surface area contributed by atoms with Gasteiger partial charge in [0.1, 0.15) is 4.99 Å². The smallest absolute Gasteiger partial charge is 0.389 e. The van der Waals surface area contributed by atoms with Crippen LogP contribution in [0.2, 0.25) is 0 Å². The molecule has 0 atom stereocenters. The SMILES string of the molecule is NC(=S)c1ccc(NCCCC(F)(F)F)c2ccccc12. The Balaban J connectivity index is 2.18. The first kappa shape index (κ1) is 15.6. The van der Waals surface area contributed by atoms with Crippen molar-refractivity contribution in [1.29, 1.82) is 0 Å². The van der Waals surface area contributed by atoms with Crippen molar-refractivity contribution in [3.63, 3.8) is 0 Å². The molecule has 0 radical (unpaired) electrons. The average molecular weight is 312 g/mol. The van der Waals surface area contributed by atoms with Gasteiger partial charge in [-0.15, -0.1) is 0 Å². The number of hydrogen-bond acceptors (Lipinski definition) is 2. The number of hydrogen-bond donors (Lipinski definition) is 2. The fraction of sp³-hybridized carbons (Fsp3) is 0.267. The first-order valence-corrected chi connectivity index (χ1v) is 6.91. The monoisotopic (exact) mass is 312 g/mol. The van der Waals surface area contributed by atoms with E-state index >= 15 is 0 Å². The molecule has 0 spiro atoms. The molecule has 0 aromatic heterocycles. The van der Waals surface area contributed by atoms with Gasteiger partial charge in [-0.1, -0.05) is 36.5 Å². The van der Waals surface area contributed by atoms with Crippen LogP contribution in [-0.4, -0.2) is 17.7 Å². The molecule has 3 N–H and O–H groups in total. The minimum Gasteiger partial charge on any atom is -0.389 e. The Morgan fingerprint density at radius 3 is 2.38 bits per heavy atom. The Morgan fingerprint density at radius 1 is 1.10 bits per heavy atom. The highest BCUT2D eigenvalue weighted by Gasteiger charge is 2.25. The Kier molecular flexibility index (Phi) is 4.67. The predicted molar refractivity (Wildman–Crippen MR) is 83.6 cm³/mol. The van der Waals surface area contributed by atoms with Gasteiger partial charge in [-0.25, -0.2) is 0 Å². The summed E-state index contributed by atoms with van der Waals surface area (Å²) in [5, 5.41) is 4.83. The number of thiocarbonyl (C=S) groups is 1. The predicted octanol–water partition coefficient (Wildman–Crippen LogP) is 4.23. The van der Waals surface area contributed by atoms with Gasteiger partial charge in [0.05, 0.1) is 0 Å². The molecule has 0 bridgehead atoms. The molecule has 2 aromatic carbocycles. The van der Waals surface area contributed by atoms with Crippen LogP contribution in [-0.2, 0) is 0 Å². The molecule has 2 aromatic rings. The molecular formula is C15H15F3N2S. The van der Waals surface area contributed by atoms with Crippen LogP contribution >= 0.6 is 12.2 Å². The molecule has 0 aliphatic rings. The molecule has 0 saturated heterocycles. The zero-order chi connectivity index (χ0) is 15.5. The van der Waals surface area contributed by atoms with Gasteiger partial charge in [0.25, 0.3) is 0 Å². The van der Waals surface area contributed by atoms with E-state index in [0.29, 0.717) is 4.99 Å². The Morgan fingerprint density at radius 2 is 1.76 bits per heavy atom. The number of nitrogens with one attached hydrogen (secondary N) is 1. The van der Waals surface area contributed by atoms with Crippen LogP contribution in [0.1, 0.15) is 18.4 Å². The molecule has 2 rings (SSSR count). The highest BCUT2D eigenvalue weighted by atomic mass is 32.1. The molecule has 0 heterocycles. The van der Waals surface area contributed by atoms with Crippen molar-refractivity contribution < 1.29 is 13.2 Å². The topological polar surface area (TPSA) is 38.0 Å². The Bertz CT molecular complexity index is 653. The second kappa shape index (κ2) is 6.30. The van der Waals surface area contributed by atoms with Crippen LogP contribution in [0.15, 0.2) is 36.4 Å². The fourth-order valence-electron chi connectivity index (χ4n) is 2.18. The summed E-state index contributed by atoms with van der Waals surface area (Å²) in [4.78, 5) is 0.301. The summed E-state index contributed by atoms with van der Waals surface area (Å²) in [7, 11) is 0. The molecule has 6 heteroatoms. The largest absolute Gasteiger partial charge is 0.389 e. The minimum absolute atomic E-state index is 0.0366. The van der Waals surface area contributed by atoms with Gasteiger partial charge >= 0.3 is 6.18 Å². The highest BCUT2D eigenvalue weighted by Crippen LogP contribution is 2.27. The number of fused-ring (bicyclic) bond motifs is 1. The van der Waals surface area contributed by atoms with Crippen molar-refractivity contribution in [2.24, 2.45) is 5.73 Å². The first-order valence-electron chi connectivity index (χ1n) is 6.50. The standard InChI is InChI=1S/C15H15F3N2S/c16-15(17,18)8-3-9-20-13-7-6-12(14(19)21)10-4-1-2-5-11(10)13/h1-2,4-7,20H,3,8-9H2,(H2,19,21). The lowest BCUT2D eigenvalue weighted by Gasteiger charge is -2.13.